The molecule has 110 valence electrons. The van der Waals surface area contributed by atoms with Crippen molar-refractivity contribution in [1.82, 2.24) is 4.72 Å². The Morgan fingerprint density at radius 1 is 1.35 bits per heavy atom. The summed E-state index contributed by atoms with van der Waals surface area (Å²) in [6.07, 6.45) is 1.58. The van der Waals surface area contributed by atoms with Gasteiger partial charge in [0.15, 0.2) is 0 Å². The Morgan fingerprint density at radius 2 is 2.05 bits per heavy atom. The third-order valence-electron chi connectivity index (χ3n) is 2.84. The molecule has 0 bridgehead atoms. The molecule has 8 heteroatoms. The Bertz CT molecular complexity index is 610. The van der Waals surface area contributed by atoms with Crippen molar-refractivity contribution in [2.75, 3.05) is 18.5 Å². The molecule has 0 aliphatic heterocycles. The number of carboxylic acid groups (broad SMARTS) is 1. The number of carboxylic acids is 1. The van der Waals surface area contributed by atoms with Gasteiger partial charge in [0.2, 0.25) is 10.0 Å². The van der Waals surface area contributed by atoms with Gasteiger partial charge in [0.1, 0.15) is 4.90 Å². The summed E-state index contributed by atoms with van der Waals surface area (Å²) in [7, 11) is -3.77. The van der Waals surface area contributed by atoms with Crippen LogP contribution in [-0.2, 0) is 10.0 Å². The standard InChI is InChI=1S/C12H16N2O5S/c15-6-5-13-10-4-1-8(12(16)17)7-11(10)20(18,19)14-9-2-3-9/h1,4,7,9,13-15H,2-3,5-6H2,(H,16,17). The first kappa shape index (κ1) is 14.8. The molecule has 1 aliphatic carbocycles. The van der Waals surface area contributed by atoms with Crippen LogP contribution in [0.25, 0.3) is 0 Å². The molecule has 1 saturated carbocycles. The second-order valence-corrected chi connectivity index (χ2v) is 6.24. The average Bonchev–Trinajstić information content (AvgIpc) is 3.19. The molecule has 0 radical (unpaired) electrons. The number of carbonyl (C=O) groups is 1. The normalized spacial score (nSPS) is 15.1. The predicted molar refractivity (Wildman–Crippen MR) is 72.3 cm³/mol. The fourth-order valence-electron chi connectivity index (χ4n) is 1.70. The highest BCUT2D eigenvalue weighted by Crippen LogP contribution is 2.27. The third-order valence-corrected chi connectivity index (χ3v) is 4.40. The van der Waals surface area contributed by atoms with Crippen molar-refractivity contribution >= 4 is 21.7 Å². The van der Waals surface area contributed by atoms with Gasteiger partial charge in [-0.25, -0.2) is 17.9 Å². The molecule has 1 aromatic rings. The largest absolute Gasteiger partial charge is 0.478 e. The van der Waals surface area contributed by atoms with E-state index in [-0.39, 0.29) is 35.3 Å². The van der Waals surface area contributed by atoms with Gasteiger partial charge in [0.25, 0.3) is 0 Å². The van der Waals surface area contributed by atoms with E-state index in [4.69, 9.17) is 10.2 Å². The zero-order valence-corrected chi connectivity index (χ0v) is 11.5. The molecule has 0 amide bonds. The number of hydrogen-bond donors (Lipinski definition) is 4. The number of sulfonamides is 1. The van der Waals surface area contributed by atoms with Crippen LogP contribution in [-0.4, -0.2) is 43.8 Å². The minimum atomic E-state index is -3.77. The van der Waals surface area contributed by atoms with Crippen LogP contribution in [0.1, 0.15) is 23.2 Å². The molecule has 20 heavy (non-hydrogen) atoms. The van der Waals surface area contributed by atoms with Gasteiger partial charge in [-0.2, -0.15) is 0 Å². The first-order valence-electron chi connectivity index (χ1n) is 6.18. The van der Waals surface area contributed by atoms with Crippen LogP contribution >= 0.6 is 0 Å². The number of anilines is 1. The second kappa shape index (κ2) is 5.78. The fourth-order valence-corrected chi connectivity index (χ4v) is 3.21. The minimum absolute atomic E-state index is 0.0702. The summed E-state index contributed by atoms with van der Waals surface area (Å²) in [5.41, 5.74) is 0.174. The van der Waals surface area contributed by atoms with E-state index in [1.807, 2.05) is 0 Å². The molecule has 1 fully saturated rings. The Balaban J connectivity index is 2.39. The van der Waals surface area contributed by atoms with Gasteiger partial charge in [-0.1, -0.05) is 0 Å². The van der Waals surface area contributed by atoms with Crippen LogP contribution in [0.4, 0.5) is 5.69 Å². The maximum atomic E-state index is 12.2. The SMILES string of the molecule is O=C(O)c1ccc(NCCO)c(S(=O)(=O)NC2CC2)c1. The van der Waals surface area contributed by atoms with Crippen LogP contribution in [0.15, 0.2) is 23.1 Å². The zero-order chi connectivity index (χ0) is 14.8. The van der Waals surface area contributed by atoms with Crippen molar-refractivity contribution in [2.45, 2.75) is 23.8 Å². The zero-order valence-electron chi connectivity index (χ0n) is 10.7. The van der Waals surface area contributed by atoms with E-state index in [9.17, 15) is 13.2 Å². The van der Waals surface area contributed by atoms with Gasteiger partial charge >= 0.3 is 5.97 Å². The Kier molecular flexibility index (Phi) is 4.26. The van der Waals surface area contributed by atoms with Crippen LogP contribution in [0.2, 0.25) is 0 Å². The molecule has 1 aromatic carbocycles. The van der Waals surface area contributed by atoms with Gasteiger partial charge in [0, 0.05) is 12.6 Å². The van der Waals surface area contributed by atoms with Crippen molar-refractivity contribution in [3.05, 3.63) is 23.8 Å². The lowest BCUT2D eigenvalue weighted by atomic mass is 10.2. The third kappa shape index (κ3) is 3.47. The molecule has 0 aromatic heterocycles. The molecule has 2 rings (SSSR count). The van der Waals surface area contributed by atoms with Crippen molar-refractivity contribution in [3.63, 3.8) is 0 Å². The van der Waals surface area contributed by atoms with E-state index in [1.54, 1.807) is 0 Å². The molecule has 0 saturated heterocycles. The van der Waals surface area contributed by atoms with Crippen LogP contribution < -0.4 is 10.0 Å². The number of rotatable bonds is 7. The van der Waals surface area contributed by atoms with Crippen molar-refractivity contribution in [1.29, 1.82) is 0 Å². The maximum Gasteiger partial charge on any atom is 0.335 e. The first-order valence-corrected chi connectivity index (χ1v) is 7.67. The van der Waals surface area contributed by atoms with E-state index in [0.717, 1.165) is 18.9 Å². The van der Waals surface area contributed by atoms with Crippen molar-refractivity contribution < 1.29 is 23.4 Å². The average molecular weight is 300 g/mol. The highest BCUT2D eigenvalue weighted by atomic mass is 32.2. The molecule has 0 atom stereocenters. The van der Waals surface area contributed by atoms with E-state index >= 15 is 0 Å². The summed E-state index contributed by atoms with van der Waals surface area (Å²) >= 11 is 0. The van der Waals surface area contributed by atoms with Gasteiger partial charge in [0.05, 0.1) is 17.9 Å². The van der Waals surface area contributed by atoms with Crippen molar-refractivity contribution in [3.8, 4) is 0 Å². The Labute approximate surface area is 116 Å². The number of benzene rings is 1. The molecular weight excluding hydrogens is 284 g/mol. The van der Waals surface area contributed by atoms with Crippen LogP contribution in [0.3, 0.4) is 0 Å². The summed E-state index contributed by atoms with van der Waals surface area (Å²) in [6, 6.07) is 3.75. The molecule has 0 heterocycles. The number of aromatic carboxylic acids is 1. The number of nitrogens with one attached hydrogen (secondary N) is 2. The van der Waals surface area contributed by atoms with E-state index in [1.165, 1.54) is 12.1 Å². The minimum Gasteiger partial charge on any atom is -0.478 e. The topological polar surface area (TPSA) is 116 Å². The number of hydrogen-bond acceptors (Lipinski definition) is 5. The quantitative estimate of drug-likeness (QED) is 0.573. The number of aliphatic hydroxyl groups is 1. The summed E-state index contributed by atoms with van der Waals surface area (Å²) in [6.45, 7) is 0.0224. The van der Waals surface area contributed by atoms with Gasteiger partial charge in [-0.3, -0.25) is 0 Å². The summed E-state index contributed by atoms with van der Waals surface area (Å²) < 4.78 is 27.0. The highest BCUT2D eigenvalue weighted by Gasteiger charge is 2.29. The second-order valence-electron chi connectivity index (χ2n) is 4.56. The Hall–Kier alpha value is -1.64. The molecule has 1 aliphatic rings. The predicted octanol–water partition coefficient (Wildman–Crippen LogP) is 0.230. The lowest BCUT2D eigenvalue weighted by Gasteiger charge is -2.13. The smallest absolute Gasteiger partial charge is 0.335 e. The van der Waals surface area contributed by atoms with Crippen LogP contribution in [0, 0.1) is 0 Å². The van der Waals surface area contributed by atoms with Crippen molar-refractivity contribution in [2.24, 2.45) is 0 Å². The van der Waals surface area contributed by atoms with Gasteiger partial charge in [-0.15, -0.1) is 0 Å². The summed E-state index contributed by atoms with van der Waals surface area (Å²) in [4.78, 5) is 10.9. The van der Waals surface area contributed by atoms with Crippen LogP contribution in [0.5, 0.6) is 0 Å². The lowest BCUT2D eigenvalue weighted by Crippen LogP contribution is -2.27. The maximum absolute atomic E-state index is 12.2. The first-order chi connectivity index (χ1) is 9.44. The van der Waals surface area contributed by atoms with Gasteiger partial charge < -0.3 is 15.5 Å². The number of aliphatic hydroxyl groups excluding tert-OH is 1. The molecule has 0 unspecified atom stereocenters. The monoisotopic (exact) mass is 300 g/mol. The Morgan fingerprint density at radius 3 is 2.60 bits per heavy atom. The molecular formula is C12H16N2O5S. The van der Waals surface area contributed by atoms with E-state index < -0.39 is 16.0 Å². The highest BCUT2D eigenvalue weighted by molar-refractivity contribution is 7.89. The fraction of sp³-hybridized carbons (Fsp3) is 0.417. The summed E-state index contributed by atoms with van der Waals surface area (Å²) in [5, 5.41) is 20.5. The molecule has 4 N–H and O–H groups in total. The lowest BCUT2D eigenvalue weighted by molar-refractivity contribution is 0.0696. The summed E-state index contributed by atoms with van der Waals surface area (Å²) in [5.74, 6) is -1.19. The van der Waals surface area contributed by atoms with E-state index in [0.29, 0.717) is 0 Å². The molecule has 0 spiro atoms. The van der Waals surface area contributed by atoms with Gasteiger partial charge in [-0.05, 0) is 31.0 Å². The molecule has 7 nitrogen and oxygen atoms in total. The van der Waals surface area contributed by atoms with E-state index in [2.05, 4.69) is 10.0 Å².